The van der Waals surface area contributed by atoms with E-state index >= 15 is 0 Å². The van der Waals surface area contributed by atoms with Crippen molar-refractivity contribution in [2.75, 3.05) is 19.7 Å². The summed E-state index contributed by atoms with van der Waals surface area (Å²) in [5.74, 6) is 0.672. The molecule has 8 heteroatoms. The van der Waals surface area contributed by atoms with Crippen LogP contribution in [0.4, 0.5) is 0 Å². The molecule has 0 N–H and O–H groups in total. The van der Waals surface area contributed by atoms with Crippen molar-refractivity contribution in [1.82, 2.24) is 24.6 Å². The molecule has 2 aliphatic heterocycles. The number of hydrogen-bond donors (Lipinski definition) is 0. The Hall–Kier alpha value is -2.48. The molecule has 2 aromatic heterocycles. The maximum absolute atomic E-state index is 12.7. The molecule has 1 unspecified atom stereocenters. The van der Waals surface area contributed by atoms with Crippen LogP contribution in [-0.2, 0) is 16.1 Å². The van der Waals surface area contributed by atoms with Crippen LogP contribution in [-0.4, -0.2) is 62.0 Å². The molecule has 2 aliphatic rings. The minimum absolute atomic E-state index is 0.0717. The number of aryl methyl sites for hydroxylation is 2. The minimum atomic E-state index is -0.208. The van der Waals surface area contributed by atoms with Crippen molar-refractivity contribution in [3.63, 3.8) is 0 Å². The third-order valence-electron chi connectivity index (χ3n) is 5.69. The fourth-order valence-corrected chi connectivity index (χ4v) is 4.18. The lowest BCUT2D eigenvalue weighted by molar-refractivity contribution is -0.152. The number of carbonyl (C=O) groups excluding carboxylic acids is 1. The zero-order chi connectivity index (χ0) is 19.6. The number of aromatic nitrogens is 4. The van der Waals surface area contributed by atoms with E-state index in [4.69, 9.17) is 9.47 Å². The summed E-state index contributed by atoms with van der Waals surface area (Å²) in [4.78, 5) is 22.9. The van der Waals surface area contributed by atoms with E-state index < -0.39 is 0 Å². The van der Waals surface area contributed by atoms with Gasteiger partial charge in [-0.1, -0.05) is 0 Å². The average Bonchev–Trinajstić information content (AvgIpc) is 3.00. The highest BCUT2D eigenvalue weighted by Gasteiger charge is 2.42. The Bertz CT molecular complexity index is 815. The van der Waals surface area contributed by atoms with Crippen molar-refractivity contribution in [1.29, 1.82) is 0 Å². The second kappa shape index (κ2) is 7.87. The molecule has 1 spiro atoms. The van der Waals surface area contributed by atoms with Crippen molar-refractivity contribution < 1.29 is 14.3 Å². The van der Waals surface area contributed by atoms with Gasteiger partial charge < -0.3 is 14.4 Å². The van der Waals surface area contributed by atoms with Crippen molar-refractivity contribution >= 4 is 5.91 Å². The van der Waals surface area contributed by atoms with Gasteiger partial charge in [-0.05, 0) is 32.8 Å². The number of carbonyl (C=O) groups is 1. The summed E-state index contributed by atoms with van der Waals surface area (Å²) in [6.45, 7) is 6.30. The van der Waals surface area contributed by atoms with Crippen molar-refractivity contribution in [2.45, 2.75) is 57.8 Å². The second-order valence-electron chi connectivity index (χ2n) is 7.77. The maximum Gasteiger partial charge on any atom is 0.244 e. The number of nitrogens with zero attached hydrogens (tertiary/aromatic N) is 5. The van der Waals surface area contributed by atoms with Gasteiger partial charge >= 0.3 is 0 Å². The van der Waals surface area contributed by atoms with Crippen LogP contribution >= 0.6 is 0 Å². The van der Waals surface area contributed by atoms with Crippen molar-refractivity contribution in [3.05, 3.63) is 36.0 Å². The Morgan fingerprint density at radius 1 is 1.32 bits per heavy atom. The van der Waals surface area contributed by atoms with E-state index in [0.29, 0.717) is 32.1 Å². The fraction of sp³-hybridized carbons (Fsp3) is 0.600. The molecule has 1 amide bonds. The lowest BCUT2D eigenvalue weighted by atomic mass is 9.83. The Balaban J connectivity index is 1.32. The van der Waals surface area contributed by atoms with Gasteiger partial charge in [-0.3, -0.25) is 14.5 Å². The molecule has 4 rings (SSSR count). The van der Waals surface area contributed by atoms with E-state index in [1.165, 1.54) is 0 Å². The van der Waals surface area contributed by atoms with E-state index in [1.54, 1.807) is 23.3 Å². The summed E-state index contributed by atoms with van der Waals surface area (Å²) in [5.41, 5.74) is 1.74. The maximum atomic E-state index is 12.7. The molecule has 0 radical (unpaired) electrons. The second-order valence-corrected chi connectivity index (χ2v) is 7.77. The topological polar surface area (TPSA) is 82.4 Å². The lowest BCUT2D eigenvalue weighted by Gasteiger charge is -2.45. The largest absolute Gasteiger partial charge is 0.473 e. The number of likely N-dealkylation sites (tertiary alicyclic amines) is 1. The Morgan fingerprint density at radius 2 is 2.14 bits per heavy atom. The fourth-order valence-electron chi connectivity index (χ4n) is 4.18. The average molecular weight is 385 g/mol. The van der Waals surface area contributed by atoms with Crippen LogP contribution in [0.3, 0.4) is 0 Å². The first-order valence-electron chi connectivity index (χ1n) is 9.88. The van der Waals surface area contributed by atoms with Crippen LogP contribution in [0.25, 0.3) is 0 Å². The first-order chi connectivity index (χ1) is 13.5. The van der Waals surface area contributed by atoms with E-state index in [2.05, 4.69) is 15.1 Å². The van der Waals surface area contributed by atoms with Crippen molar-refractivity contribution in [2.24, 2.45) is 0 Å². The lowest BCUT2D eigenvalue weighted by Crippen LogP contribution is -2.53. The third kappa shape index (κ3) is 4.16. The first-order valence-corrected chi connectivity index (χ1v) is 9.88. The van der Waals surface area contributed by atoms with Gasteiger partial charge in [-0.15, -0.1) is 0 Å². The molecule has 2 fully saturated rings. The molecule has 28 heavy (non-hydrogen) atoms. The third-order valence-corrected chi connectivity index (χ3v) is 5.69. The molecule has 2 saturated heterocycles. The molecular weight excluding hydrogens is 358 g/mol. The molecule has 0 aliphatic carbocycles. The summed E-state index contributed by atoms with van der Waals surface area (Å²) in [7, 11) is 0. The van der Waals surface area contributed by atoms with Gasteiger partial charge in [-0.25, -0.2) is 4.98 Å². The van der Waals surface area contributed by atoms with Gasteiger partial charge in [0, 0.05) is 44.0 Å². The normalized spacial score (nSPS) is 21.6. The highest BCUT2D eigenvalue weighted by Crippen LogP contribution is 2.36. The number of amides is 1. The Morgan fingerprint density at radius 3 is 2.82 bits per heavy atom. The van der Waals surface area contributed by atoms with E-state index in [0.717, 1.165) is 37.1 Å². The van der Waals surface area contributed by atoms with Crippen LogP contribution in [0, 0.1) is 13.8 Å². The highest BCUT2D eigenvalue weighted by atomic mass is 16.5. The van der Waals surface area contributed by atoms with Gasteiger partial charge in [0.1, 0.15) is 12.6 Å². The molecule has 1 atom stereocenters. The SMILES string of the molecule is Cc1cc(C)n(CC(=O)N2CCC3(CC2)CC(Oc2cnccn2)CCO3)n1. The van der Waals surface area contributed by atoms with Crippen LogP contribution in [0.2, 0.25) is 0 Å². The van der Waals surface area contributed by atoms with E-state index in [9.17, 15) is 4.79 Å². The standard InChI is InChI=1S/C20H27N5O3/c1-15-11-16(2)25(23-15)14-19(26)24-8-4-20(5-9-24)12-17(3-10-27-20)28-18-13-21-6-7-22-18/h6-7,11,13,17H,3-5,8-10,12,14H2,1-2H3. The monoisotopic (exact) mass is 385 g/mol. The number of hydrogen-bond acceptors (Lipinski definition) is 6. The zero-order valence-corrected chi connectivity index (χ0v) is 16.5. The summed E-state index contributed by atoms with van der Waals surface area (Å²) < 4.78 is 14.0. The summed E-state index contributed by atoms with van der Waals surface area (Å²) in [5, 5.41) is 4.40. The van der Waals surface area contributed by atoms with Crippen molar-refractivity contribution in [3.8, 4) is 5.88 Å². The molecular formula is C20H27N5O3. The molecule has 0 aromatic carbocycles. The number of piperidine rings is 1. The molecule has 4 heterocycles. The quantitative estimate of drug-likeness (QED) is 0.800. The molecule has 8 nitrogen and oxygen atoms in total. The van der Waals surface area contributed by atoms with E-state index in [1.807, 2.05) is 24.8 Å². The van der Waals surface area contributed by atoms with Gasteiger partial charge in [0.15, 0.2) is 0 Å². The summed E-state index contributed by atoms with van der Waals surface area (Å²) in [6, 6.07) is 1.99. The summed E-state index contributed by atoms with van der Waals surface area (Å²) in [6.07, 6.45) is 8.31. The predicted molar refractivity (Wildman–Crippen MR) is 102 cm³/mol. The van der Waals surface area contributed by atoms with E-state index in [-0.39, 0.29) is 17.6 Å². The molecule has 150 valence electrons. The molecule has 0 bridgehead atoms. The van der Waals surface area contributed by atoms with Gasteiger partial charge in [-0.2, -0.15) is 5.10 Å². The zero-order valence-electron chi connectivity index (χ0n) is 16.5. The Kier molecular flexibility index (Phi) is 5.30. The van der Waals surface area contributed by atoms with Crippen LogP contribution < -0.4 is 4.74 Å². The number of ether oxygens (including phenoxy) is 2. The van der Waals surface area contributed by atoms with Crippen LogP contribution in [0.15, 0.2) is 24.7 Å². The molecule has 2 aromatic rings. The van der Waals surface area contributed by atoms with Gasteiger partial charge in [0.05, 0.1) is 24.1 Å². The highest BCUT2D eigenvalue weighted by molar-refractivity contribution is 5.76. The first kappa shape index (κ1) is 18.9. The summed E-state index contributed by atoms with van der Waals surface area (Å²) >= 11 is 0. The predicted octanol–water partition coefficient (Wildman–Crippen LogP) is 1.91. The van der Waals surface area contributed by atoms with Gasteiger partial charge in [0.2, 0.25) is 11.8 Å². The minimum Gasteiger partial charge on any atom is -0.473 e. The van der Waals surface area contributed by atoms with Gasteiger partial charge in [0.25, 0.3) is 0 Å². The number of rotatable bonds is 4. The van der Waals surface area contributed by atoms with Crippen LogP contribution in [0.5, 0.6) is 5.88 Å². The Labute approximate surface area is 164 Å². The van der Waals surface area contributed by atoms with Crippen LogP contribution in [0.1, 0.15) is 37.1 Å². The molecule has 0 saturated carbocycles. The smallest absolute Gasteiger partial charge is 0.244 e.